The van der Waals surface area contributed by atoms with Crippen molar-refractivity contribution in [1.29, 1.82) is 0 Å². The number of halogens is 1. The summed E-state index contributed by atoms with van der Waals surface area (Å²) in [6.07, 6.45) is 2.38. The van der Waals surface area contributed by atoms with Crippen LogP contribution in [0.2, 0.25) is 0 Å². The third-order valence-corrected chi connectivity index (χ3v) is 3.78. The minimum atomic E-state index is -0.168. The second-order valence-electron chi connectivity index (χ2n) is 4.12. The summed E-state index contributed by atoms with van der Waals surface area (Å²) >= 11 is 1.81. The molecule has 102 valence electrons. The first kappa shape index (κ1) is 15.5. The molecule has 4 heteroatoms. The van der Waals surface area contributed by atoms with E-state index in [1.54, 1.807) is 24.9 Å². The van der Waals surface area contributed by atoms with Gasteiger partial charge in [-0.3, -0.25) is 0 Å². The topological polar surface area (TPSA) is 21.3 Å². The molecule has 0 unspecified atom stereocenters. The predicted octanol–water partition coefficient (Wildman–Crippen LogP) is 3.45. The highest BCUT2D eigenvalue weighted by Crippen LogP contribution is 2.24. The van der Waals surface area contributed by atoms with Crippen LogP contribution in [0.5, 0.6) is 0 Å². The van der Waals surface area contributed by atoms with Crippen molar-refractivity contribution in [2.45, 2.75) is 31.2 Å². The van der Waals surface area contributed by atoms with Crippen molar-refractivity contribution in [2.24, 2.45) is 0 Å². The third-order valence-electron chi connectivity index (χ3n) is 2.58. The molecule has 0 spiro atoms. The fourth-order valence-electron chi connectivity index (χ4n) is 1.55. The van der Waals surface area contributed by atoms with Crippen LogP contribution < -0.4 is 5.32 Å². The zero-order valence-electron chi connectivity index (χ0n) is 11.2. The Bertz CT molecular complexity index is 347. The van der Waals surface area contributed by atoms with E-state index in [0.717, 1.165) is 17.9 Å². The number of benzene rings is 1. The van der Waals surface area contributed by atoms with Crippen LogP contribution in [0.15, 0.2) is 23.1 Å². The summed E-state index contributed by atoms with van der Waals surface area (Å²) in [5.74, 6) is 0.922. The Morgan fingerprint density at radius 1 is 1.39 bits per heavy atom. The number of thioether (sulfide) groups is 1. The molecule has 0 aliphatic carbocycles. The Kier molecular flexibility index (Phi) is 8.05. The smallest absolute Gasteiger partial charge is 0.123 e. The fraction of sp³-hybridized carbons (Fsp3) is 0.571. The van der Waals surface area contributed by atoms with Crippen LogP contribution in [-0.2, 0) is 11.3 Å². The molecule has 1 aromatic carbocycles. The fourth-order valence-corrected chi connectivity index (χ4v) is 2.68. The van der Waals surface area contributed by atoms with Gasteiger partial charge in [-0.2, -0.15) is 0 Å². The van der Waals surface area contributed by atoms with Crippen LogP contribution in [0.1, 0.15) is 25.3 Å². The molecule has 18 heavy (non-hydrogen) atoms. The van der Waals surface area contributed by atoms with Gasteiger partial charge >= 0.3 is 0 Å². The maximum Gasteiger partial charge on any atom is 0.123 e. The second-order valence-corrected chi connectivity index (χ2v) is 5.26. The lowest BCUT2D eigenvalue weighted by molar-refractivity contribution is 0.199. The summed E-state index contributed by atoms with van der Waals surface area (Å²) in [5.41, 5.74) is 1.03. The molecule has 1 aromatic rings. The lowest BCUT2D eigenvalue weighted by Gasteiger charge is -2.10. The van der Waals surface area contributed by atoms with Gasteiger partial charge in [0.15, 0.2) is 0 Å². The number of unbranched alkanes of at least 4 members (excludes halogenated alkanes) is 1. The Labute approximate surface area is 113 Å². The highest BCUT2D eigenvalue weighted by atomic mass is 32.2. The van der Waals surface area contributed by atoms with Crippen LogP contribution in [0.4, 0.5) is 4.39 Å². The first-order chi connectivity index (χ1) is 8.77. The van der Waals surface area contributed by atoms with E-state index in [2.05, 4.69) is 12.2 Å². The SMILES string of the molecule is CCCCSc1ccc(F)cc1CNCCOC. The van der Waals surface area contributed by atoms with E-state index in [4.69, 9.17) is 4.74 Å². The molecule has 0 saturated carbocycles. The molecule has 0 aliphatic rings. The van der Waals surface area contributed by atoms with Crippen LogP contribution >= 0.6 is 11.8 Å². The lowest BCUT2D eigenvalue weighted by Crippen LogP contribution is -2.19. The van der Waals surface area contributed by atoms with E-state index in [9.17, 15) is 4.39 Å². The van der Waals surface area contributed by atoms with Crippen molar-refractivity contribution < 1.29 is 9.13 Å². The lowest BCUT2D eigenvalue weighted by atomic mass is 10.2. The Morgan fingerprint density at radius 3 is 2.94 bits per heavy atom. The number of hydrogen-bond acceptors (Lipinski definition) is 3. The molecule has 0 heterocycles. The number of ether oxygens (including phenoxy) is 1. The molecule has 1 rings (SSSR count). The Hall–Kier alpha value is -0.580. The summed E-state index contributed by atoms with van der Waals surface area (Å²) < 4.78 is 18.2. The highest BCUT2D eigenvalue weighted by molar-refractivity contribution is 7.99. The van der Waals surface area contributed by atoms with E-state index in [1.807, 2.05) is 6.07 Å². The normalized spacial score (nSPS) is 10.8. The standard InChI is InChI=1S/C14H22FNOS/c1-3-4-9-18-14-6-5-13(15)10-12(14)11-16-7-8-17-2/h5-6,10,16H,3-4,7-9,11H2,1-2H3. The molecule has 0 radical (unpaired) electrons. The van der Waals surface area contributed by atoms with E-state index in [-0.39, 0.29) is 5.82 Å². The van der Waals surface area contributed by atoms with Gasteiger partial charge in [0.25, 0.3) is 0 Å². The van der Waals surface area contributed by atoms with E-state index < -0.39 is 0 Å². The third kappa shape index (κ3) is 5.85. The zero-order chi connectivity index (χ0) is 13.2. The quantitative estimate of drug-likeness (QED) is 0.549. The van der Waals surface area contributed by atoms with E-state index in [0.29, 0.717) is 13.2 Å². The zero-order valence-corrected chi connectivity index (χ0v) is 12.0. The molecule has 2 nitrogen and oxygen atoms in total. The van der Waals surface area contributed by atoms with Gasteiger partial charge in [0, 0.05) is 25.1 Å². The average Bonchev–Trinajstić information content (AvgIpc) is 2.37. The van der Waals surface area contributed by atoms with E-state index >= 15 is 0 Å². The average molecular weight is 271 g/mol. The Morgan fingerprint density at radius 2 is 2.22 bits per heavy atom. The highest BCUT2D eigenvalue weighted by Gasteiger charge is 2.04. The van der Waals surface area contributed by atoms with Crippen molar-refractivity contribution in [3.63, 3.8) is 0 Å². The van der Waals surface area contributed by atoms with Crippen LogP contribution in [0, 0.1) is 5.82 Å². The summed E-state index contributed by atoms with van der Waals surface area (Å²) in [6.45, 7) is 4.33. The monoisotopic (exact) mass is 271 g/mol. The van der Waals surface area contributed by atoms with Gasteiger partial charge in [-0.1, -0.05) is 13.3 Å². The predicted molar refractivity (Wildman–Crippen MR) is 75.6 cm³/mol. The van der Waals surface area contributed by atoms with Gasteiger partial charge in [0.05, 0.1) is 6.61 Å². The van der Waals surface area contributed by atoms with Crippen LogP contribution in [0.25, 0.3) is 0 Å². The van der Waals surface area contributed by atoms with Gasteiger partial charge < -0.3 is 10.1 Å². The molecule has 0 bridgehead atoms. The minimum Gasteiger partial charge on any atom is -0.383 e. The van der Waals surface area contributed by atoms with Crippen LogP contribution in [-0.4, -0.2) is 26.0 Å². The van der Waals surface area contributed by atoms with Gasteiger partial charge in [-0.15, -0.1) is 11.8 Å². The summed E-state index contributed by atoms with van der Waals surface area (Å²) in [5, 5.41) is 3.26. The van der Waals surface area contributed by atoms with Crippen LogP contribution in [0.3, 0.4) is 0 Å². The Balaban J connectivity index is 2.53. The first-order valence-corrected chi connectivity index (χ1v) is 7.37. The number of hydrogen-bond donors (Lipinski definition) is 1. The summed E-state index contributed by atoms with van der Waals surface area (Å²) in [7, 11) is 1.68. The van der Waals surface area contributed by atoms with Crippen molar-refractivity contribution >= 4 is 11.8 Å². The molecule has 0 amide bonds. The van der Waals surface area contributed by atoms with Crippen molar-refractivity contribution in [3.8, 4) is 0 Å². The molecule has 1 N–H and O–H groups in total. The van der Waals surface area contributed by atoms with Gasteiger partial charge in [-0.25, -0.2) is 4.39 Å². The number of nitrogens with one attached hydrogen (secondary N) is 1. The molecular weight excluding hydrogens is 249 g/mol. The molecule has 0 fully saturated rings. The van der Waals surface area contributed by atoms with Crippen molar-refractivity contribution in [3.05, 3.63) is 29.6 Å². The maximum absolute atomic E-state index is 13.2. The molecule has 0 saturated heterocycles. The van der Waals surface area contributed by atoms with Gasteiger partial charge in [0.2, 0.25) is 0 Å². The summed E-state index contributed by atoms with van der Waals surface area (Å²) in [4.78, 5) is 1.18. The molecule has 0 aliphatic heterocycles. The molecule has 0 atom stereocenters. The van der Waals surface area contributed by atoms with E-state index in [1.165, 1.54) is 23.8 Å². The summed E-state index contributed by atoms with van der Waals surface area (Å²) in [6, 6.07) is 5.03. The minimum absolute atomic E-state index is 0.168. The first-order valence-electron chi connectivity index (χ1n) is 6.38. The van der Waals surface area contributed by atoms with Gasteiger partial charge in [-0.05, 0) is 35.9 Å². The number of methoxy groups -OCH3 is 1. The van der Waals surface area contributed by atoms with Crippen molar-refractivity contribution in [2.75, 3.05) is 26.0 Å². The maximum atomic E-state index is 13.2. The van der Waals surface area contributed by atoms with Gasteiger partial charge in [0.1, 0.15) is 5.82 Å². The van der Waals surface area contributed by atoms with Crippen molar-refractivity contribution in [1.82, 2.24) is 5.32 Å². The second kappa shape index (κ2) is 9.36. The molecule has 0 aromatic heterocycles. The number of rotatable bonds is 9. The molecular formula is C14H22FNOS. The largest absolute Gasteiger partial charge is 0.383 e.